The molecule has 1 aliphatic rings. The largest absolute Gasteiger partial charge is 0.449 e. The van der Waals surface area contributed by atoms with Crippen LogP contribution in [0.5, 0.6) is 0 Å². The van der Waals surface area contributed by atoms with Gasteiger partial charge >= 0.3 is 5.97 Å². The van der Waals surface area contributed by atoms with Gasteiger partial charge in [-0.05, 0) is 38.5 Å². The molecular formula is C18H21ClN2O6. The molecule has 1 amide bonds. The van der Waals surface area contributed by atoms with Crippen molar-refractivity contribution in [1.29, 1.82) is 0 Å². The van der Waals surface area contributed by atoms with Crippen LogP contribution in [0.15, 0.2) is 24.3 Å². The van der Waals surface area contributed by atoms with Gasteiger partial charge in [-0.15, -0.1) is 0 Å². The minimum atomic E-state index is -0.945. The Hall–Kier alpha value is -2.45. The topological polar surface area (TPSA) is 99.0 Å². The summed E-state index contributed by atoms with van der Waals surface area (Å²) >= 11 is 5.74. The van der Waals surface area contributed by atoms with E-state index in [9.17, 15) is 19.7 Å². The molecule has 0 aromatic heterocycles. The number of carbonyl (C=O) groups excluding carboxylic acids is 2. The minimum Gasteiger partial charge on any atom is -0.449 e. The lowest BCUT2D eigenvalue weighted by Gasteiger charge is -2.36. The van der Waals surface area contributed by atoms with E-state index in [1.165, 1.54) is 31.2 Å². The van der Waals surface area contributed by atoms with Crippen LogP contribution in [-0.2, 0) is 19.1 Å². The maximum atomic E-state index is 12.4. The third-order valence-electron chi connectivity index (χ3n) is 3.95. The SMILES string of the molecule is C[C@@H]1CN(C(=O)[C@H](C)OC(=O)/C=C\c2ccc(Cl)c([N+](=O)[O-])c2)C[C@@H](C)O1. The molecule has 1 fully saturated rings. The van der Waals surface area contributed by atoms with Gasteiger partial charge in [0, 0.05) is 25.2 Å². The minimum absolute atomic E-state index is 0.00733. The molecule has 3 atom stereocenters. The van der Waals surface area contributed by atoms with Crippen molar-refractivity contribution < 1.29 is 24.0 Å². The lowest BCUT2D eigenvalue weighted by atomic mass is 10.2. The number of benzene rings is 1. The molecule has 0 spiro atoms. The molecular weight excluding hydrogens is 376 g/mol. The molecule has 1 heterocycles. The van der Waals surface area contributed by atoms with Gasteiger partial charge in [-0.25, -0.2) is 4.79 Å². The first kappa shape index (κ1) is 20.9. The fourth-order valence-corrected chi connectivity index (χ4v) is 3.00. The van der Waals surface area contributed by atoms with Gasteiger partial charge in [-0.2, -0.15) is 0 Å². The van der Waals surface area contributed by atoms with E-state index in [0.717, 1.165) is 6.08 Å². The van der Waals surface area contributed by atoms with Crippen LogP contribution in [0, 0.1) is 10.1 Å². The average Bonchev–Trinajstić information content (AvgIpc) is 2.59. The number of morpholine rings is 1. The number of carbonyl (C=O) groups is 2. The van der Waals surface area contributed by atoms with Crippen LogP contribution in [0.3, 0.4) is 0 Å². The fraction of sp³-hybridized carbons (Fsp3) is 0.444. The van der Waals surface area contributed by atoms with Crippen molar-refractivity contribution in [3.8, 4) is 0 Å². The second kappa shape index (κ2) is 8.96. The molecule has 0 bridgehead atoms. The van der Waals surface area contributed by atoms with Crippen molar-refractivity contribution in [3.63, 3.8) is 0 Å². The second-order valence-electron chi connectivity index (χ2n) is 6.38. The van der Waals surface area contributed by atoms with Crippen molar-refractivity contribution in [2.75, 3.05) is 13.1 Å². The van der Waals surface area contributed by atoms with Crippen LogP contribution in [-0.4, -0.2) is 53.1 Å². The molecule has 0 aliphatic carbocycles. The summed E-state index contributed by atoms with van der Waals surface area (Å²) < 4.78 is 10.7. The van der Waals surface area contributed by atoms with E-state index in [0.29, 0.717) is 18.7 Å². The summed E-state index contributed by atoms with van der Waals surface area (Å²) in [7, 11) is 0. The van der Waals surface area contributed by atoms with Gasteiger partial charge in [0.1, 0.15) is 5.02 Å². The van der Waals surface area contributed by atoms with Gasteiger partial charge in [0.15, 0.2) is 6.10 Å². The molecule has 1 aliphatic heterocycles. The third-order valence-corrected chi connectivity index (χ3v) is 4.27. The average molecular weight is 397 g/mol. The first-order valence-electron chi connectivity index (χ1n) is 8.44. The van der Waals surface area contributed by atoms with Crippen molar-refractivity contribution in [3.05, 3.63) is 45.0 Å². The maximum absolute atomic E-state index is 12.4. The number of halogens is 1. The Balaban J connectivity index is 1.96. The first-order valence-corrected chi connectivity index (χ1v) is 8.82. The van der Waals surface area contributed by atoms with Crippen LogP contribution in [0.4, 0.5) is 5.69 Å². The lowest BCUT2D eigenvalue weighted by molar-refractivity contribution is -0.384. The van der Waals surface area contributed by atoms with E-state index in [1.807, 2.05) is 13.8 Å². The number of hydrogen-bond acceptors (Lipinski definition) is 6. The van der Waals surface area contributed by atoms with Crippen molar-refractivity contribution in [1.82, 2.24) is 4.90 Å². The van der Waals surface area contributed by atoms with Crippen LogP contribution >= 0.6 is 11.6 Å². The Bertz CT molecular complexity index is 756. The van der Waals surface area contributed by atoms with Crippen LogP contribution in [0.1, 0.15) is 26.3 Å². The van der Waals surface area contributed by atoms with Gasteiger partial charge in [0.2, 0.25) is 0 Å². The molecule has 8 nitrogen and oxygen atoms in total. The van der Waals surface area contributed by atoms with Crippen LogP contribution in [0.2, 0.25) is 5.02 Å². The molecule has 1 saturated heterocycles. The number of amides is 1. The predicted molar refractivity (Wildman–Crippen MR) is 99.3 cm³/mol. The number of esters is 1. The molecule has 2 rings (SSSR count). The molecule has 27 heavy (non-hydrogen) atoms. The molecule has 1 aromatic rings. The van der Waals surface area contributed by atoms with Gasteiger partial charge in [-0.1, -0.05) is 17.7 Å². The van der Waals surface area contributed by atoms with E-state index in [2.05, 4.69) is 0 Å². The summed E-state index contributed by atoms with van der Waals surface area (Å²) in [5, 5.41) is 10.9. The van der Waals surface area contributed by atoms with Gasteiger partial charge in [0.05, 0.1) is 17.1 Å². The van der Waals surface area contributed by atoms with E-state index in [1.54, 1.807) is 4.90 Å². The summed E-state index contributed by atoms with van der Waals surface area (Å²) in [6.45, 7) is 6.14. The lowest BCUT2D eigenvalue weighted by Crippen LogP contribution is -2.51. The van der Waals surface area contributed by atoms with Crippen LogP contribution < -0.4 is 0 Å². The molecule has 146 valence electrons. The van der Waals surface area contributed by atoms with E-state index < -0.39 is 17.0 Å². The number of rotatable bonds is 5. The Morgan fingerprint density at radius 1 is 1.37 bits per heavy atom. The molecule has 0 radical (unpaired) electrons. The first-order chi connectivity index (χ1) is 12.7. The number of ether oxygens (including phenoxy) is 2. The van der Waals surface area contributed by atoms with Crippen LogP contribution in [0.25, 0.3) is 6.08 Å². The van der Waals surface area contributed by atoms with E-state index in [4.69, 9.17) is 21.1 Å². The normalized spacial score (nSPS) is 21.1. The third kappa shape index (κ3) is 5.77. The van der Waals surface area contributed by atoms with Gasteiger partial charge in [0.25, 0.3) is 11.6 Å². The summed E-state index contributed by atoms with van der Waals surface area (Å²) in [4.78, 5) is 36.3. The molecule has 0 unspecified atom stereocenters. The summed E-state index contributed by atoms with van der Waals surface area (Å²) in [5.41, 5.74) is 0.157. The highest BCUT2D eigenvalue weighted by Gasteiger charge is 2.30. The monoisotopic (exact) mass is 396 g/mol. The Labute approximate surface area is 161 Å². The highest BCUT2D eigenvalue weighted by Crippen LogP contribution is 2.25. The Morgan fingerprint density at radius 2 is 2.00 bits per heavy atom. The number of nitro groups is 1. The second-order valence-corrected chi connectivity index (χ2v) is 6.79. The van der Waals surface area contributed by atoms with E-state index in [-0.39, 0.29) is 28.8 Å². The van der Waals surface area contributed by atoms with Crippen molar-refractivity contribution in [2.45, 2.75) is 39.1 Å². The summed E-state index contributed by atoms with van der Waals surface area (Å²) in [5.74, 6) is -1.01. The summed E-state index contributed by atoms with van der Waals surface area (Å²) in [6.07, 6.45) is 1.37. The highest BCUT2D eigenvalue weighted by atomic mass is 35.5. The number of nitro benzene ring substituents is 1. The number of hydrogen-bond donors (Lipinski definition) is 0. The van der Waals surface area contributed by atoms with E-state index >= 15 is 0 Å². The zero-order valence-electron chi connectivity index (χ0n) is 15.3. The number of nitrogens with zero attached hydrogens (tertiary/aromatic N) is 2. The molecule has 0 saturated carbocycles. The van der Waals surface area contributed by atoms with Crippen molar-refractivity contribution >= 4 is 35.2 Å². The zero-order chi connectivity index (χ0) is 20.1. The summed E-state index contributed by atoms with van der Waals surface area (Å²) in [6, 6.07) is 4.15. The Kier molecular flexibility index (Phi) is 6.92. The Morgan fingerprint density at radius 3 is 2.59 bits per heavy atom. The quantitative estimate of drug-likeness (QED) is 0.328. The maximum Gasteiger partial charge on any atom is 0.331 e. The zero-order valence-corrected chi connectivity index (χ0v) is 16.0. The fourth-order valence-electron chi connectivity index (χ4n) is 2.82. The molecule has 1 aromatic carbocycles. The van der Waals surface area contributed by atoms with Gasteiger partial charge < -0.3 is 14.4 Å². The molecule has 9 heteroatoms. The highest BCUT2D eigenvalue weighted by molar-refractivity contribution is 6.32. The van der Waals surface area contributed by atoms with Gasteiger partial charge in [-0.3, -0.25) is 14.9 Å². The predicted octanol–water partition coefficient (Wildman–Crippen LogP) is 2.83. The van der Waals surface area contributed by atoms with Crippen molar-refractivity contribution in [2.24, 2.45) is 0 Å². The molecule has 0 N–H and O–H groups in total. The standard InChI is InChI=1S/C18H21ClN2O6/c1-11-9-20(10-12(2)26-11)18(23)13(3)27-17(22)7-5-14-4-6-15(19)16(8-14)21(24)25/h4-8,11-13H,9-10H2,1-3H3/b7-5-/t11-,12-,13+/m1/s1. The smallest absolute Gasteiger partial charge is 0.331 e.